The summed E-state index contributed by atoms with van der Waals surface area (Å²) in [6, 6.07) is 22.4. The highest BCUT2D eigenvalue weighted by Crippen LogP contribution is 2.35. The average molecular weight is 593 g/mol. The third kappa shape index (κ3) is 5.36. The maximum Gasteiger partial charge on any atom is 0.196 e. The van der Waals surface area contributed by atoms with Crippen LogP contribution in [0, 0.1) is 0 Å². The number of benzene rings is 4. The highest BCUT2D eigenvalue weighted by molar-refractivity contribution is 6.39. The number of hydrogen-bond donors (Lipinski definition) is 4. The normalized spacial score (nSPS) is 13.2. The van der Waals surface area contributed by atoms with Gasteiger partial charge in [0, 0.05) is 78.5 Å². The van der Waals surface area contributed by atoms with Gasteiger partial charge in [-0.3, -0.25) is 19.2 Å². The van der Waals surface area contributed by atoms with Crippen LogP contribution in [0.2, 0.25) is 5.02 Å². The zero-order chi connectivity index (χ0) is 29.9. The summed E-state index contributed by atoms with van der Waals surface area (Å²) < 4.78 is 0. The number of hydrogen-bond acceptors (Lipinski definition) is 8. The van der Waals surface area contributed by atoms with Crippen molar-refractivity contribution in [2.75, 3.05) is 49.9 Å². The first-order valence-electron chi connectivity index (χ1n) is 14.2. The number of fused-ring (bicyclic) bond motifs is 4. The lowest BCUT2D eigenvalue weighted by Crippen LogP contribution is -2.33. The van der Waals surface area contributed by atoms with Crippen molar-refractivity contribution in [2.45, 2.75) is 0 Å². The molecule has 0 aliphatic heterocycles. The minimum Gasteiger partial charge on any atom is -0.383 e. The van der Waals surface area contributed by atoms with E-state index in [9.17, 15) is 19.2 Å². The predicted molar refractivity (Wildman–Crippen MR) is 167 cm³/mol. The van der Waals surface area contributed by atoms with Crippen molar-refractivity contribution in [2.24, 2.45) is 0 Å². The maximum absolute atomic E-state index is 13.2. The molecule has 0 saturated carbocycles. The van der Waals surface area contributed by atoms with E-state index in [1.165, 1.54) is 0 Å². The van der Waals surface area contributed by atoms with E-state index in [0.29, 0.717) is 76.5 Å². The molecule has 4 aromatic rings. The predicted octanol–water partition coefficient (Wildman–Crippen LogP) is 4.59. The molecule has 0 atom stereocenters. The number of nitrogens with one attached hydrogen (secondary N) is 4. The van der Waals surface area contributed by atoms with Gasteiger partial charge in [0.2, 0.25) is 0 Å². The monoisotopic (exact) mass is 592 g/mol. The second kappa shape index (κ2) is 12.3. The zero-order valence-corrected chi connectivity index (χ0v) is 24.0. The van der Waals surface area contributed by atoms with Crippen molar-refractivity contribution in [1.82, 2.24) is 10.6 Å². The zero-order valence-electron chi connectivity index (χ0n) is 23.3. The molecule has 0 heterocycles. The summed E-state index contributed by atoms with van der Waals surface area (Å²) in [5.41, 5.74) is 4.37. The fraction of sp³-hybridized carbons (Fsp3) is 0.176. The summed E-state index contributed by atoms with van der Waals surface area (Å²) in [4.78, 5) is 52.3. The molecule has 0 bridgehead atoms. The molecule has 6 rings (SSSR count). The molecule has 0 radical (unpaired) electrons. The molecule has 2 aliphatic carbocycles. The van der Waals surface area contributed by atoms with Gasteiger partial charge < -0.3 is 21.3 Å². The van der Waals surface area contributed by atoms with Gasteiger partial charge in [-0.2, -0.15) is 0 Å². The van der Waals surface area contributed by atoms with Gasteiger partial charge in [-0.25, -0.2) is 0 Å². The minimum atomic E-state index is -0.241. The second-order valence-corrected chi connectivity index (χ2v) is 10.7. The van der Waals surface area contributed by atoms with E-state index < -0.39 is 0 Å². The first-order valence-corrected chi connectivity index (χ1v) is 14.6. The summed E-state index contributed by atoms with van der Waals surface area (Å²) in [6.07, 6.45) is 0. The molecular weight excluding hydrogens is 564 g/mol. The molecular formula is C34H29ClN4O4. The Bertz CT molecular complexity index is 1780. The van der Waals surface area contributed by atoms with Crippen LogP contribution in [0.15, 0.2) is 78.9 Å². The summed E-state index contributed by atoms with van der Waals surface area (Å²) in [6.45, 7) is 3.92. The highest BCUT2D eigenvalue weighted by Gasteiger charge is 2.33. The number of carbonyl (C=O) groups is 4. The Balaban J connectivity index is 0.940. The summed E-state index contributed by atoms with van der Waals surface area (Å²) in [7, 11) is 0. The van der Waals surface area contributed by atoms with Gasteiger partial charge in [-0.05, 0) is 18.2 Å². The lowest BCUT2D eigenvalue weighted by molar-refractivity contribution is 0.0979. The van der Waals surface area contributed by atoms with Crippen LogP contribution in [-0.2, 0) is 0 Å². The Morgan fingerprint density at radius 1 is 0.419 bits per heavy atom. The summed E-state index contributed by atoms with van der Waals surface area (Å²) >= 11 is 6.23. The van der Waals surface area contributed by atoms with Crippen LogP contribution in [0.1, 0.15) is 63.7 Å². The number of rotatable bonds is 11. The highest BCUT2D eigenvalue weighted by atomic mass is 35.5. The van der Waals surface area contributed by atoms with E-state index in [1.807, 2.05) is 6.07 Å². The fourth-order valence-corrected chi connectivity index (χ4v) is 5.90. The minimum absolute atomic E-state index is 0.130. The van der Waals surface area contributed by atoms with Crippen molar-refractivity contribution >= 4 is 46.1 Å². The Kier molecular flexibility index (Phi) is 8.16. The Labute approximate surface area is 253 Å². The number of anilines is 2. The van der Waals surface area contributed by atoms with Crippen LogP contribution in [0.5, 0.6) is 0 Å². The SMILES string of the molecule is O=C1c2ccccc2C(=O)c2c(NCCNCCNCCNc3cccc4c3C(=O)c3cccc(Cl)c3C4=O)cccc21. The fourth-order valence-electron chi connectivity index (χ4n) is 5.64. The van der Waals surface area contributed by atoms with Gasteiger partial charge in [0.1, 0.15) is 0 Å². The van der Waals surface area contributed by atoms with Crippen molar-refractivity contribution < 1.29 is 19.2 Å². The Morgan fingerprint density at radius 2 is 0.814 bits per heavy atom. The van der Waals surface area contributed by atoms with Crippen molar-refractivity contribution in [1.29, 1.82) is 0 Å². The largest absolute Gasteiger partial charge is 0.383 e. The van der Waals surface area contributed by atoms with E-state index in [2.05, 4.69) is 21.3 Å². The molecule has 0 aromatic heterocycles. The molecule has 43 heavy (non-hydrogen) atoms. The summed E-state index contributed by atoms with van der Waals surface area (Å²) in [5, 5.41) is 13.6. The molecule has 0 spiro atoms. The third-order valence-corrected chi connectivity index (χ3v) is 8.00. The molecule has 0 amide bonds. The van der Waals surface area contributed by atoms with Gasteiger partial charge in [-0.15, -0.1) is 0 Å². The lowest BCUT2D eigenvalue weighted by Gasteiger charge is -2.21. The van der Waals surface area contributed by atoms with Crippen LogP contribution in [0.25, 0.3) is 0 Å². The van der Waals surface area contributed by atoms with E-state index >= 15 is 0 Å². The van der Waals surface area contributed by atoms with Crippen molar-refractivity contribution in [3.8, 4) is 0 Å². The smallest absolute Gasteiger partial charge is 0.196 e. The molecule has 0 saturated heterocycles. The molecule has 0 unspecified atom stereocenters. The molecule has 4 N–H and O–H groups in total. The van der Waals surface area contributed by atoms with E-state index in [4.69, 9.17) is 11.6 Å². The molecule has 2 aliphatic rings. The summed E-state index contributed by atoms with van der Waals surface area (Å²) in [5.74, 6) is -0.719. The van der Waals surface area contributed by atoms with Crippen LogP contribution in [0.4, 0.5) is 11.4 Å². The van der Waals surface area contributed by atoms with Crippen LogP contribution in [0.3, 0.4) is 0 Å². The van der Waals surface area contributed by atoms with E-state index in [1.54, 1.807) is 72.8 Å². The van der Waals surface area contributed by atoms with Crippen LogP contribution >= 0.6 is 11.6 Å². The quantitative estimate of drug-likeness (QED) is 0.161. The van der Waals surface area contributed by atoms with Gasteiger partial charge in [0.25, 0.3) is 0 Å². The second-order valence-electron chi connectivity index (χ2n) is 10.3. The van der Waals surface area contributed by atoms with Crippen molar-refractivity contribution in [3.63, 3.8) is 0 Å². The van der Waals surface area contributed by atoms with Gasteiger partial charge in [-0.1, -0.05) is 72.3 Å². The van der Waals surface area contributed by atoms with Crippen LogP contribution in [-0.4, -0.2) is 62.4 Å². The molecule has 0 fully saturated rings. The number of carbonyl (C=O) groups excluding carboxylic acids is 4. The van der Waals surface area contributed by atoms with E-state index in [0.717, 1.165) is 13.1 Å². The first kappa shape index (κ1) is 28.5. The average Bonchev–Trinajstić information content (AvgIpc) is 3.03. The van der Waals surface area contributed by atoms with Gasteiger partial charge >= 0.3 is 0 Å². The Morgan fingerprint density at radius 3 is 1.40 bits per heavy atom. The van der Waals surface area contributed by atoms with Crippen LogP contribution < -0.4 is 21.3 Å². The van der Waals surface area contributed by atoms with E-state index in [-0.39, 0.29) is 33.7 Å². The maximum atomic E-state index is 13.2. The Hall–Kier alpha value is -4.63. The van der Waals surface area contributed by atoms with Gasteiger partial charge in [0.05, 0.1) is 21.7 Å². The molecule has 8 nitrogen and oxygen atoms in total. The number of halogens is 1. The van der Waals surface area contributed by atoms with Gasteiger partial charge in [0.15, 0.2) is 23.1 Å². The number of ketones is 4. The molecule has 216 valence electrons. The topological polar surface area (TPSA) is 116 Å². The standard InChI is InChI=1S/C34H29ClN4O4/c35-25-11-3-8-22-28(25)33(42)24-10-5-13-27(30(24)34(22)43)39-19-17-37-15-14-36-16-18-38-26-12-4-9-23-29(26)32(41)21-7-2-1-6-20(21)31(23)40/h1-13,36-39H,14-19H2. The lowest BCUT2D eigenvalue weighted by atomic mass is 9.83. The third-order valence-electron chi connectivity index (χ3n) is 7.69. The van der Waals surface area contributed by atoms with Crippen molar-refractivity contribution in [3.05, 3.63) is 128 Å². The first-order chi connectivity index (χ1) is 21.0. The molecule has 4 aromatic carbocycles. The molecule has 9 heteroatoms.